The molecule has 1 aromatic heterocycles. The molecule has 1 saturated carbocycles. The molecule has 1 heterocycles. The summed E-state index contributed by atoms with van der Waals surface area (Å²) in [6.45, 7) is 2.21. The summed E-state index contributed by atoms with van der Waals surface area (Å²) in [5.74, 6) is -0.446. The van der Waals surface area contributed by atoms with Crippen molar-refractivity contribution in [3.05, 3.63) is 53.1 Å². The van der Waals surface area contributed by atoms with E-state index in [4.69, 9.17) is 0 Å². The lowest BCUT2D eigenvalue weighted by Gasteiger charge is -2.17. The molecule has 23 heavy (non-hydrogen) atoms. The van der Waals surface area contributed by atoms with Gasteiger partial charge in [-0.3, -0.25) is 4.68 Å². The normalized spacial score (nSPS) is 20.9. The second kappa shape index (κ2) is 5.72. The summed E-state index contributed by atoms with van der Waals surface area (Å²) in [6, 6.07) is 6.20. The number of nitrogens with zero attached hydrogens (tertiary/aromatic N) is 3. The summed E-state index contributed by atoms with van der Waals surface area (Å²) >= 11 is 0. The van der Waals surface area contributed by atoms with Gasteiger partial charge in [-0.15, -0.1) is 0 Å². The molecule has 3 rings (SSSR count). The third-order valence-electron chi connectivity index (χ3n) is 4.56. The van der Waals surface area contributed by atoms with E-state index in [0.29, 0.717) is 13.0 Å². The van der Waals surface area contributed by atoms with E-state index in [-0.39, 0.29) is 11.7 Å². The fraction of sp³-hybridized carbons (Fsp3) is 0.438. The number of aryl methyl sites for hydroxylation is 1. The number of halogens is 1. The maximum absolute atomic E-state index is 13.3. The molecule has 2 unspecified atom stereocenters. The molecule has 2 aromatic rings. The third kappa shape index (κ3) is 3.03. The van der Waals surface area contributed by atoms with Crippen LogP contribution in [0.3, 0.4) is 0 Å². The van der Waals surface area contributed by atoms with E-state index in [1.54, 1.807) is 30.1 Å². The Morgan fingerprint density at radius 2 is 2.17 bits per heavy atom. The smallest absolute Gasteiger partial charge is 0.217 e. The van der Waals surface area contributed by atoms with Gasteiger partial charge in [0.2, 0.25) is 10.0 Å². The molecule has 1 aliphatic rings. The van der Waals surface area contributed by atoms with E-state index in [1.807, 2.05) is 14.0 Å². The third-order valence-corrected chi connectivity index (χ3v) is 6.84. The van der Waals surface area contributed by atoms with Crippen molar-refractivity contribution >= 4 is 10.0 Å². The van der Waals surface area contributed by atoms with Crippen molar-refractivity contribution < 1.29 is 12.8 Å². The summed E-state index contributed by atoms with van der Waals surface area (Å²) in [5.41, 5.74) is 2.59. The zero-order valence-electron chi connectivity index (χ0n) is 13.4. The van der Waals surface area contributed by atoms with Gasteiger partial charge in [0.25, 0.3) is 0 Å². The van der Waals surface area contributed by atoms with E-state index in [2.05, 4.69) is 5.10 Å². The van der Waals surface area contributed by atoms with Crippen LogP contribution in [0.25, 0.3) is 0 Å². The summed E-state index contributed by atoms with van der Waals surface area (Å²) in [4.78, 5) is 0. The van der Waals surface area contributed by atoms with Crippen LogP contribution in [0.4, 0.5) is 4.39 Å². The van der Waals surface area contributed by atoms with Gasteiger partial charge in [0, 0.05) is 37.8 Å². The lowest BCUT2D eigenvalue weighted by atomic mass is 10.1. The van der Waals surface area contributed by atoms with Gasteiger partial charge >= 0.3 is 0 Å². The van der Waals surface area contributed by atoms with Crippen LogP contribution in [0.2, 0.25) is 0 Å². The molecule has 0 bridgehead atoms. The van der Waals surface area contributed by atoms with Crippen LogP contribution in [0.5, 0.6) is 0 Å². The molecule has 1 aromatic carbocycles. The van der Waals surface area contributed by atoms with Crippen LogP contribution in [0.1, 0.15) is 29.2 Å². The standard InChI is InChI=1S/C16H20FN3O2S/c1-11-13(9-18-20(11)3)10-19(2)23(21,22)16-8-15(16)12-5-4-6-14(17)7-12/h4-7,9,15-16H,8,10H2,1-3H3. The first-order valence-corrected chi connectivity index (χ1v) is 8.99. The van der Waals surface area contributed by atoms with Crippen LogP contribution in [-0.4, -0.2) is 34.8 Å². The summed E-state index contributed by atoms with van der Waals surface area (Å²) in [6.07, 6.45) is 2.24. The monoisotopic (exact) mass is 337 g/mol. The predicted octanol–water partition coefficient (Wildman–Crippen LogP) is 2.19. The van der Waals surface area contributed by atoms with Crippen molar-refractivity contribution in [1.82, 2.24) is 14.1 Å². The lowest BCUT2D eigenvalue weighted by molar-refractivity contribution is 0.464. The van der Waals surface area contributed by atoms with Crippen LogP contribution >= 0.6 is 0 Å². The van der Waals surface area contributed by atoms with Crippen LogP contribution in [-0.2, 0) is 23.6 Å². The largest absolute Gasteiger partial charge is 0.273 e. The number of rotatable bonds is 5. The fourth-order valence-corrected chi connectivity index (χ4v) is 4.65. The predicted molar refractivity (Wildman–Crippen MR) is 85.9 cm³/mol. The Bertz CT molecular complexity index is 832. The average molecular weight is 337 g/mol. The van der Waals surface area contributed by atoms with E-state index in [0.717, 1.165) is 16.8 Å². The number of hydrogen-bond acceptors (Lipinski definition) is 3. The van der Waals surface area contributed by atoms with Gasteiger partial charge in [0.15, 0.2) is 0 Å². The molecule has 0 radical (unpaired) electrons. The topological polar surface area (TPSA) is 55.2 Å². The van der Waals surface area contributed by atoms with Crippen LogP contribution < -0.4 is 0 Å². The fourth-order valence-electron chi connectivity index (χ4n) is 2.85. The highest BCUT2D eigenvalue weighted by atomic mass is 32.2. The Balaban J connectivity index is 1.74. The summed E-state index contributed by atoms with van der Waals surface area (Å²) in [7, 11) is 0.00582. The van der Waals surface area contributed by atoms with Crippen molar-refractivity contribution in [1.29, 1.82) is 0 Å². The Hall–Kier alpha value is -1.73. The molecular formula is C16H20FN3O2S. The Morgan fingerprint density at radius 3 is 2.78 bits per heavy atom. The van der Waals surface area contributed by atoms with Crippen molar-refractivity contribution in [3.8, 4) is 0 Å². The number of sulfonamides is 1. The zero-order chi connectivity index (χ0) is 16.8. The van der Waals surface area contributed by atoms with Gasteiger partial charge in [0.05, 0.1) is 11.4 Å². The summed E-state index contributed by atoms with van der Waals surface area (Å²) in [5, 5.41) is 3.67. The van der Waals surface area contributed by atoms with E-state index < -0.39 is 15.3 Å². The Morgan fingerprint density at radius 1 is 1.43 bits per heavy atom. The highest BCUT2D eigenvalue weighted by Crippen LogP contribution is 2.47. The van der Waals surface area contributed by atoms with Gasteiger partial charge in [-0.25, -0.2) is 17.1 Å². The van der Waals surface area contributed by atoms with Gasteiger partial charge < -0.3 is 0 Å². The molecule has 0 amide bonds. The molecule has 7 heteroatoms. The molecule has 1 fully saturated rings. The lowest BCUT2D eigenvalue weighted by Crippen LogP contribution is -2.30. The molecule has 2 atom stereocenters. The molecule has 0 spiro atoms. The minimum atomic E-state index is -3.41. The van der Waals surface area contributed by atoms with E-state index in [9.17, 15) is 12.8 Å². The van der Waals surface area contributed by atoms with Gasteiger partial charge in [-0.1, -0.05) is 12.1 Å². The first kappa shape index (κ1) is 16.1. The first-order valence-electron chi connectivity index (χ1n) is 7.49. The van der Waals surface area contributed by atoms with Crippen molar-refractivity contribution in [2.45, 2.75) is 31.1 Å². The minimum absolute atomic E-state index is 0.117. The second-order valence-corrected chi connectivity index (χ2v) is 8.37. The zero-order valence-corrected chi connectivity index (χ0v) is 14.2. The highest BCUT2D eigenvalue weighted by molar-refractivity contribution is 7.90. The maximum Gasteiger partial charge on any atom is 0.217 e. The molecular weight excluding hydrogens is 317 g/mol. The summed E-state index contributed by atoms with van der Waals surface area (Å²) < 4.78 is 41.8. The van der Waals surface area contributed by atoms with Gasteiger partial charge in [-0.2, -0.15) is 5.10 Å². The Kier molecular flexibility index (Phi) is 4.01. The molecule has 0 N–H and O–H groups in total. The van der Waals surface area contributed by atoms with Crippen molar-refractivity contribution in [2.24, 2.45) is 7.05 Å². The minimum Gasteiger partial charge on any atom is -0.273 e. The van der Waals surface area contributed by atoms with Gasteiger partial charge in [0.1, 0.15) is 5.82 Å². The molecule has 1 aliphatic carbocycles. The van der Waals surface area contributed by atoms with Crippen LogP contribution in [0, 0.1) is 12.7 Å². The highest BCUT2D eigenvalue weighted by Gasteiger charge is 2.49. The van der Waals surface area contributed by atoms with E-state index in [1.165, 1.54) is 16.4 Å². The second-order valence-electron chi connectivity index (χ2n) is 6.12. The first-order chi connectivity index (χ1) is 10.8. The van der Waals surface area contributed by atoms with Crippen molar-refractivity contribution in [3.63, 3.8) is 0 Å². The number of benzene rings is 1. The average Bonchev–Trinajstić information content (AvgIpc) is 3.26. The SMILES string of the molecule is Cc1c(CN(C)S(=O)(=O)C2CC2c2cccc(F)c2)cnn1C. The van der Waals surface area contributed by atoms with E-state index >= 15 is 0 Å². The van der Waals surface area contributed by atoms with Crippen molar-refractivity contribution in [2.75, 3.05) is 7.05 Å². The number of hydrogen-bond donors (Lipinski definition) is 0. The molecule has 5 nitrogen and oxygen atoms in total. The van der Waals surface area contributed by atoms with Crippen LogP contribution in [0.15, 0.2) is 30.5 Å². The molecule has 0 aliphatic heterocycles. The maximum atomic E-state index is 13.3. The Labute approximate surface area is 135 Å². The van der Waals surface area contributed by atoms with Gasteiger partial charge in [-0.05, 0) is 31.0 Å². The molecule has 124 valence electrons. The quantitative estimate of drug-likeness (QED) is 0.840. The molecule has 0 saturated heterocycles. The number of aromatic nitrogens is 2.